The van der Waals surface area contributed by atoms with Crippen molar-refractivity contribution >= 4 is 0 Å². The molecule has 1 aliphatic heterocycles. The number of furan rings is 1. The molecule has 1 aromatic carbocycles. The third kappa shape index (κ3) is 4.53. The van der Waals surface area contributed by atoms with Gasteiger partial charge in [0.05, 0.1) is 20.8 Å². The monoisotopic (exact) mass is 341 g/mol. The fourth-order valence-corrected chi connectivity index (χ4v) is 3.14. The van der Waals surface area contributed by atoms with Gasteiger partial charge >= 0.3 is 0 Å². The highest BCUT2D eigenvalue weighted by atomic mass is 16.5. The molecule has 6 nitrogen and oxygen atoms in total. The average molecular weight is 341 g/mol. The van der Waals surface area contributed by atoms with Gasteiger partial charge in [0.25, 0.3) is 0 Å². The summed E-state index contributed by atoms with van der Waals surface area (Å²) in [5.74, 6) is 2.79. The van der Waals surface area contributed by atoms with Gasteiger partial charge in [0.1, 0.15) is 23.3 Å². The smallest absolute Gasteiger partial charge is 0.203 e. The van der Waals surface area contributed by atoms with Gasteiger partial charge in [0.2, 0.25) is 5.76 Å². The van der Waals surface area contributed by atoms with Crippen molar-refractivity contribution in [2.75, 3.05) is 27.3 Å². The van der Waals surface area contributed by atoms with E-state index in [1.165, 1.54) is 5.56 Å². The van der Waals surface area contributed by atoms with E-state index >= 15 is 0 Å². The summed E-state index contributed by atoms with van der Waals surface area (Å²) >= 11 is 0. The second-order valence-corrected chi connectivity index (χ2v) is 6.20. The van der Waals surface area contributed by atoms with Gasteiger partial charge in [-0.3, -0.25) is 4.90 Å². The second-order valence-electron chi connectivity index (χ2n) is 6.20. The number of rotatable bonds is 7. The predicted molar refractivity (Wildman–Crippen MR) is 93.5 cm³/mol. The Hall–Kier alpha value is -2.49. The Bertz CT molecular complexity index is 728. The maximum Gasteiger partial charge on any atom is 0.203 e. The van der Waals surface area contributed by atoms with Crippen LogP contribution in [0.2, 0.25) is 0 Å². The summed E-state index contributed by atoms with van der Waals surface area (Å²) in [4.78, 5) is 2.41. The van der Waals surface area contributed by atoms with E-state index < -0.39 is 0 Å². The van der Waals surface area contributed by atoms with Gasteiger partial charge in [-0.05, 0) is 36.2 Å². The lowest BCUT2D eigenvalue weighted by atomic mass is 10.2. The number of hydrogen-bond donors (Lipinski definition) is 1. The van der Waals surface area contributed by atoms with Crippen molar-refractivity contribution in [2.45, 2.75) is 25.6 Å². The summed E-state index contributed by atoms with van der Waals surface area (Å²) < 4.78 is 16.1. The first-order chi connectivity index (χ1) is 12.2. The molecule has 0 spiro atoms. The van der Waals surface area contributed by atoms with Crippen LogP contribution < -0.4 is 14.8 Å². The molecule has 1 aromatic heterocycles. The van der Waals surface area contributed by atoms with Crippen LogP contribution in [0.3, 0.4) is 0 Å². The molecule has 25 heavy (non-hydrogen) atoms. The van der Waals surface area contributed by atoms with Gasteiger partial charge in [-0.25, -0.2) is 0 Å². The van der Waals surface area contributed by atoms with Gasteiger partial charge in [-0.15, -0.1) is 0 Å². The second kappa shape index (κ2) is 8.06. The summed E-state index contributed by atoms with van der Waals surface area (Å²) in [6.45, 7) is 3.53. The molecule has 0 aliphatic carbocycles. The quantitative estimate of drug-likeness (QED) is 0.834. The maximum atomic E-state index is 8.79. The highest BCUT2D eigenvalue weighted by Gasteiger charge is 2.22. The molecule has 1 fully saturated rings. The lowest BCUT2D eigenvalue weighted by Crippen LogP contribution is -2.31. The van der Waals surface area contributed by atoms with E-state index in [2.05, 4.69) is 22.3 Å². The normalized spacial score (nSPS) is 17.4. The summed E-state index contributed by atoms with van der Waals surface area (Å²) in [7, 11) is 3.33. The minimum absolute atomic E-state index is 0.358. The Morgan fingerprint density at radius 1 is 1.24 bits per heavy atom. The zero-order valence-corrected chi connectivity index (χ0v) is 14.6. The first-order valence-electron chi connectivity index (χ1n) is 8.36. The Kier molecular flexibility index (Phi) is 5.59. The minimum Gasteiger partial charge on any atom is -0.497 e. The van der Waals surface area contributed by atoms with Crippen LogP contribution in [0.1, 0.15) is 23.5 Å². The van der Waals surface area contributed by atoms with Crippen molar-refractivity contribution < 1.29 is 13.9 Å². The summed E-state index contributed by atoms with van der Waals surface area (Å²) in [5, 5.41) is 12.3. The number of methoxy groups -OCH3 is 2. The van der Waals surface area contributed by atoms with E-state index in [9.17, 15) is 0 Å². The van der Waals surface area contributed by atoms with Gasteiger partial charge < -0.3 is 19.2 Å². The topological polar surface area (TPSA) is 70.7 Å². The van der Waals surface area contributed by atoms with E-state index in [1.807, 2.05) is 18.2 Å². The number of nitriles is 1. The fourth-order valence-electron chi connectivity index (χ4n) is 3.14. The molecule has 1 N–H and O–H groups in total. The molecular weight excluding hydrogens is 318 g/mol. The van der Waals surface area contributed by atoms with Crippen molar-refractivity contribution in [2.24, 2.45) is 0 Å². The number of nitrogens with one attached hydrogen (secondary N) is 1. The van der Waals surface area contributed by atoms with Gasteiger partial charge in [-0.1, -0.05) is 0 Å². The molecule has 2 heterocycles. The van der Waals surface area contributed by atoms with E-state index in [0.717, 1.165) is 43.3 Å². The van der Waals surface area contributed by atoms with E-state index in [0.29, 0.717) is 18.3 Å². The van der Waals surface area contributed by atoms with Crippen LogP contribution in [0.15, 0.2) is 34.7 Å². The van der Waals surface area contributed by atoms with Crippen molar-refractivity contribution in [3.8, 4) is 17.6 Å². The van der Waals surface area contributed by atoms with Crippen LogP contribution in [0.5, 0.6) is 11.5 Å². The number of nitrogens with zero attached hydrogens (tertiary/aromatic N) is 2. The summed E-state index contributed by atoms with van der Waals surface area (Å²) in [6.07, 6.45) is 1.09. The van der Waals surface area contributed by atoms with Gasteiger partial charge in [0, 0.05) is 31.7 Å². The third-order valence-corrected chi connectivity index (χ3v) is 4.43. The number of likely N-dealkylation sites (tertiary alicyclic amines) is 1. The zero-order valence-electron chi connectivity index (χ0n) is 14.6. The molecule has 2 aromatic rings. The van der Waals surface area contributed by atoms with Crippen LogP contribution in [0.4, 0.5) is 0 Å². The third-order valence-electron chi connectivity index (χ3n) is 4.43. The largest absolute Gasteiger partial charge is 0.497 e. The summed E-state index contributed by atoms with van der Waals surface area (Å²) in [6, 6.07) is 12.0. The molecule has 0 amide bonds. The first kappa shape index (κ1) is 17.3. The standard InChI is InChI=1S/C19H23N3O3/c1-23-18-7-14(8-19(9-18)24-2)12-22-6-5-15(13-22)21-11-17-4-3-16(10-20)25-17/h3-4,7-9,15,21H,5-6,11-13H2,1-2H3/t15-/m0/s1. The van der Waals surface area contributed by atoms with Crippen LogP contribution in [0.25, 0.3) is 0 Å². The van der Waals surface area contributed by atoms with Crippen molar-refractivity contribution in [1.82, 2.24) is 10.2 Å². The molecule has 1 atom stereocenters. The number of ether oxygens (including phenoxy) is 2. The van der Waals surface area contributed by atoms with Gasteiger partial charge in [-0.2, -0.15) is 5.26 Å². The molecule has 1 saturated heterocycles. The van der Waals surface area contributed by atoms with Crippen LogP contribution in [-0.4, -0.2) is 38.3 Å². The Labute approximate surface area is 147 Å². The summed E-state index contributed by atoms with van der Waals surface area (Å²) in [5.41, 5.74) is 1.18. The first-order valence-corrected chi connectivity index (χ1v) is 8.36. The molecule has 0 saturated carbocycles. The van der Waals surface area contributed by atoms with Crippen molar-refractivity contribution in [3.05, 3.63) is 47.4 Å². The Morgan fingerprint density at radius 2 is 2.00 bits per heavy atom. The molecule has 0 radical (unpaired) electrons. The van der Waals surface area contributed by atoms with E-state index in [-0.39, 0.29) is 0 Å². The van der Waals surface area contributed by atoms with Gasteiger partial charge in [0.15, 0.2) is 0 Å². The molecule has 6 heteroatoms. The Balaban J connectivity index is 1.52. The lowest BCUT2D eigenvalue weighted by Gasteiger charge is -2.17. The Morgan fingerprint density at radius 3 is 2.64 bits per heavy atom. The van der Waals surface area contributed by atoms with Crippen LogP contribution in [-0.2, 0) is 13.1 Å². The van der Waals surface area contributed by atoms with Crippen molar-refractivity contribution in [1.29, 1.82) is 5.26 Å². The highest BCUT2D eigenvalue weighted by molar-refractivity contribution is 5.38. The molecular formula is C19H23N3O3. The fraction of sp³-hybridized carbons (Fsp3) is 0.421. The number of hydrogen-bond acceptors (Lipinski definition) is 6. The average Bonchev–Trinajstić information content (AvgIpc) is 3.28. The highest BCUT2D eigenvalue weighted by Crippen LogP contribution is 2.24. The number of benzene rings is 1. The SMILES string of the molecule is COc1cc(CN2CC[C@H](NCc3ccc(C#N)o3)C2)cc(OC)c1. The maximum absolute atomic E-state index is 8.79. The molecule has 3 rings (SSSR count). The molecule has 132 valence electrons. The molecule has 0 unspecified atom stereocenters. The van der Waals surface area contributed by atoms with Crippen molar-refractivity contribution in [3.63, 3.8) is 0 Å². The minimum atomic E-state index is 0.358. The molecule has 0 bridgehead atoms. The lowest BCUT2D eigenvalue weighted by molar-refractivity contribution is 0.316. The van der Waals surface area contributed by atoms with E-state index in [1.54, 1.807) is 20.3 Å². The van der Waals surface area contributed by atoms with Crippen LogP contribution in [0, 0.1) is 11.3 Å². The molecule has 1 aliphatic rings. The predicted octanol–water partition coefficient (Wildman–Crippen LogP) is 2.53. The van der Waals surface area contributed by atoms with Crippen LogP contribution >= 0.6 is 0 Å². The van der Waals surface area contributed by atoms with E-state index in [4.69, 9.17) is 19.2 Å². The zero-order chi connectivity index (χ0) is 17.6.